The standard InChI is InChI=1S/C9H6F6O3S/c10-8(11,12)7(16)5-1-3-6(4-2-5)19(17,18)9(13,14)15/h1-4,7,16H. The predicted octanol–water partition coefficient (Wildman–Crippen LogP) is 2.58. The molecule has 0 aliphatic rings. The first-order chi connectivity index (χ1) is 8.37. The van der Waals surface area contributed by atoms with E-state index in [-0.39, 0.29) is 0 Å². The first-order valence-electron chi connectivity index (χ1n) is 4.53. The molecular weight excluding hydrogens is 302 g/mol. The smallest absolute Gasteiger partial charge is 0.379 e. The Labute approximate surface area is 103 Å². The van der Waals surface area contributed by atoms with Crippen molar-refractivity contribution in [1.29, 1.82) is 0 Å². The Balaban J connectivity index is 3.15. The Morgan fingerprint density at radius 2 is 1.37 bits per heavy atom. The van der Waals surface area contributed by atoms with Crippen LogP contribution in [0.3, 0.4) is 0 Å². The first kappa shape index (κ1) is 15.8. The van der Waals surface area contributed by atoms with Crippen LogP contribution in [0.25, 0.3) is 0 Å². The topological polar surface area (TPSA) is 54.4 Å². The summed E-state index contributed by atoms with van der Waals surface area (Å²) in [5.41, 5.74) is -6.30. The van der Waals surface area contributed by atoms with Crippen LogP contribution in [0.15, 0.2) is 29.2 Å². The lowest BCUT2D eigenvalue weighted by Gasteiger charge is -2.15. The molecule has 0 amide bonds. The second-order valence-electron chi connectivity index (χ2n) is 3.46. The number of hydrogen-bond acceptors (Lipinski definition) is 3. The van der Waals surface area contributed by atoms with Crippen LogP contribution in [0.2, 0.25) is 0 Å². The lowest BCUT2D eigenvalue weighted by Crippen LogP contribution is -2.23. The molecule has 0 saturated heterocycles. The van der Waals surface area contributed by atoms with Gasteiger partial charge in [0.2, 0.25) is 0 Å². The Morgan fingerprint density at radius 3 is 1.68 bits per heavy atom. The van der Waals surface area contributed by atoms with Gasteiger partial charge in [-0.05, 0) is 17.7 Å². The van der Waals surface area contributed by atoms with Gasteiger partial charge in [0, 0.05) is 0 Å². The zero-order chi connectivity index (χ0) is 15.1. The number of halogens is 6. The maximum atomic E-state index is 12.2. The van der Waals surface area contributed by atoms with Crippen molar-refractivity contribution in [2.75, 3.05) is 0 Å². The van der Waals surface area contributed by atoms with Gasteiger partial charge >= 0.3 is 11.7 Å². The summed E-state index contributed by atoms with van der Waals surface area (Å²) < 4.78 is 94.6. The number of rotatable bonds is 2. The first-order valence-corrected chi connectivity index (χ1v) is 6.02. The van der Waals surface area contributed by atoms with Crippen LogP contribution in [0.1, 0.15) is 11.7 Å². The molecule has 19 heavy (non-hydrogen) atoms. The van der Waals surface area contributed by atoms with E-state index in [1.165, 1.54) is 0 Å². The molecule has 0 aromatic heterocycles. The summed E-state index contributed by atoms with van der Waals surface area (Å²) >= 11 is 0. The van der Waals surface area contributed by atoms with Crippen LogP contribution in [0.4, 0.5) is 26.3 Å². The summed E-state index contributed by atoms with van der Waals surface area (Å²) in [6.45, 7) is 0. The van der Waals surface area contributed by atoms with Crippen molar-refractivity contribution in [3.63, 3.8) is 0 Å². The van der Waals surface area contributed by atoms with Crippen molar-refractivity contribution in [2.24, 2.45) is 0 Å². The fourth-order valence-corrected chi connectivity index (χ4v) is 1.91. The van der Waals surface area contributed by atoms with E-state index in [2.05, 4.69) is 0 Å². The summed E-state index contributed by atoms with van der Waals surface area (Å²) in [5, 5.41) is 8.81. The molecule has 1 N–H and O–H groups in total. The monoisotopic (exact) mass is 308 g/mol. The number of aliphatic hydroxyl groups excluding tert-OH is 1. The number of aliphatic hydroxyl groups is 1. The maximum absolute atomic E-state index is 12.2. The molecule has 1 unspecified atom stereocenters. The van der Waals surface area contributed by atoms with Gasteiger partial charge in [0.05, 0.1) is 4.90 Å². The molecule has 108 valence electrons. The minimum absolute atomic E-state index is 0.354. The highest BCUT2D eigenvalue weighted by Gasteiger charge is 2.47. The van der Waals surface area contributed by atoms with Crippen molar-refractivity contribution in [3.8, 4) is 0 Å². The molecule has 0 bridgehead atoms. The molecule has 1 rings (SSSR count). The van der Waals surface area contributed by atoms with Crippen LogP contribution in [0, 0.1) is 0 Å². The molecule has 0 heterocycles. The lowest BCUT2D eigenvalue weighted by atomic mass is 10.1. The average Bonchev–Trinajstić information content (AvgIpc) is 2.25. The summed E-state index contributed by atoms with van der Waals surface area (Å²) in [5.74, 6) is 0. The number of sulfone groups is 1. The highest BCUT2D eigenvalue weighted by Crippen LogP contribution is 2.34. The SMILES string of the molecule is O=S(=O)(c1ccc(C(O)C(F)(F)F)cc1)C(F)(F)F. The lowest BCUT2D eigenvalue weighted by molar-refractivity contribution is -0.206. The fourth-order valence-electron chi connectivity index (χ4n) is 1.15. The van der Waals surface area contributed by atoms with E-state index in [9.17, 15) is 34.8 Å². The number of hydrogen-bond donors (Lipinski definition) is 1. The Morgan fingerprint density at radius 1 is 0.947 bits per heavy atom. The molecule has 1 atom stereocenters. The van der Waals surface area contributed by atoms with Gasteiger partial charge in [0.25, 0.3) is 9.84 Å². The normalized spacial score (nSPS) is 15.3. The molecule has 0 radical (unpaired) electrons. The van der Waals surface area contributed by atoms with Crippen molar-refractivity contribution >= 4 is 9.84 Å². The van der Waals surface area contributed by atoms with Crippen LogP contribution in [-0.2, 0) is 9.84 Å². The largest absolute Gasteiger partial charge is 0.501 e. The molecule has 0 fully saturated rings. The highest BCUT2D eigenvalue weighted by molar-refractivity contribution is 7.92. The molecule has 10 heteroatoms. The minimum Gasteiger partial charge on any atom is -0.379 e. The number of alkyl halides is 6. The summed E-state index contributed by atoms with van der Waals surface area (Å²) in [6.07, 6.45) is -7.89. The summed E-state index contributed by atoms with van der Waals surface area (Å²) in [6, 6.07) is 1.65. The molecular formula is C9H6F6O3S. The predicted molar refractivity (Wildman–Crippen MR) is 50.7 cm³/mol. The van der Waals surface area contributed by atoms with E-state index < -0.39 is 38.1 Å². The van der Waals surface area contributed by atoms with Crippen molar-refractivity contribution < 1.29 is 39.9 Å². The maximum Gasteiger partial charge on any atom is 0.501 e. The van der Waals surface area contributed by atoms with E-state index in [1.807, 2.05) is 0 Å². The van der Waals surface area contributed by atoms with Gasteiger partial charge in [0.15, 0.2) is 6.10 Å². The Bertz CT molecular complexity index is 543. The van der Waals surface area contributed by atoms with Gasteiger partial charge in [-0.15, -0.1) is 0 Å². The zero-order valence-electron chi connectivity index (χ0n) is 8.83. The van der Waals surface area contributed by atoms with Gasteiger partial charge in [-0.25, -0.2) is 8.42 Å². The van der Waals surface area contributed by atoms with E-state index in [0.29, 0.717) is 24.3 Å². The van der Waals surface area contributed by atoms with E-state index in [1.54, 1.807) is 0 Å². The third kappa shape index (κ3) is 3.18. The molecule has 1 aromatic carbocycles. The third-order valence-corrected chi connectivity index (χ3v) is 3.62. The van der Waals surface area contributed by atoms with Crippen LogP contribution in [-0.4, -0.2) is 25.2 Å². The number of benzene rings is 1. The van der Waals surface area contributed by atoms with Crippen LogP contribution in [0.5, 0.6) is 0 Å². The van der Waals surface area contributed by atoms with E-state index in [0.717, 1.165) is 0 Å². The van der Waals surface area contributed by atoms with Crippen molar-refractivity contribution in [1.82, 2.24) is 0 Å². The van der Waals surface area contributed by atoms with Crippen molar-refractivity contribution in [2.45, 2.75) is 22.7 Å². The molecule has 0 aliphatic carbocycles. The molecule has 3 nitrogen and oxygen atoms in total. The van der Waals surface area contributed by atoms with Gasteiger partial charge in [-0.3, -0.25) is 0 Å². The van der Waals surface area contributed by atoms with Crippen LogP contribution < -0.4 is 0 Å². The second kappa shape index (κ2) is 4.67. The Hall–Kier alpha value is -1.29. The molecule has 0 spiro atoms. The summed E-state index contributed by atoms with van der Waals surface area (Å²) in [4.78, 5) is -1.20. The van der Waals surface area contributed by atoms with Gasteiger partial charge in [0.1, 0.15) is 0 Å². The highest BCUT2D eigenvalue weighted by atomic mass is 32.2. The second-order valence-corrected chi connectivity index (χ2v) is 5.40. The average molecular weight is 308 g/mol. The molecule has 0 saturated carbocycles. The van der Waals surface area contributed by atoms with Crippen LogP contribution >= 0.6 is 0 Å². The molecule has 1 aromatic rings. The van der Waals surface area contributed by atoms with Crippen molar-refractivity contribution in [3.05, 3.63) is 29.8 Å². The summed E-state index contributed by atoms with van der Waals surface area (Å²) in [7, 11) is -5.62. The Kier molecular flexibility index (Phi) is 3.88. The fraction of sp³-hybridized carbons (Fsp3) is 0.333. The van der Waals surface area contributed by atoms with Gasteiger partial charge in [-0.2, -0.15) is 26.3 Å². The van der Waals surface area contributed by atoms with Gasteiger partial charge < -0.3 is 5.11 Å². The van der Waals surface area contributed by atoms with Gasteiger partial charge in [-0.1, -0.05) is 12.1 Å². The van der Waals surface area contributed by atoms with E-state index in [4.69, 9.17) is 5.11 Å². The zero-order valence-corrected chi connectivity index (χ0v) is 9.64. The third-order valence-electron chi connectivity index (χ3n) is 2.12. The quantitative estimate of drug-likeness (QED) is 0.854. The minimum atomic E-state index is -5.62. The van der Waals surface area contributed by atoms with E-state index >= 15 is 0 Å². The molecule has 0 aliphatic heterocycles.